The van der Waals surface area contributed by atoms with E-state index in [4.69, 9.17) is 10.5 Å². The van der Waals surface area contributed by atoms with Crippen LogP contribution in [0.1, 0.15) is 22.3 Å². The van der Waals surface area contributed by atoms with Gasteiger partial charge < -0.3 is 10.5 Å². The maximum Gasteiger partial charge on any atom is 0.338 e. The number of ether oxygens (including phenoxy) is 1. The van der Waals surface area contributed by atoms with E-state index in [2.05, 4.69) is 17.1 Å². The van der Waals surface area contributed by atoms with E-state index >= 15 is 0 Å². The number of hydrogen-bond donors (Lipinski definition) is 1. The van der Waals surface area contributed by atoms with Gasteiger partial charge in [-0.2, -0.15) is 0 Å². The zero-order valence-electron chi connectivity index (χ0n) is 10.6. The lowest BCUT2D eigenvalue weighted by atomic mass is 10.1. The van der Waals surface area contributed by atoms with Crippen molar-refractivity contribution in [3.8, 4) is 0 Å². The van der Waals surface area contributed by atoms with Gasteiger partial charge in [0.25, 0.3) is 0 Å². The molecule has 19 heavy (non-hydrogen) atoms. The first-order valence-corrected chi connectivity index (χ1v) is 6.18. The normalized spacial score (nSPS) is 10.1. The van der Waals surface area contributed by atoms with Crippen LogP contribution in [0.5, 0.6) is 0 Å². The van der Waals surface area contributed by atoms with Gasteiger partial charge in [0.15, 0.2) is 0 Å². The largest absolute Gasteiger partial charge is 0.462 e. The number of pyridine rings is 1. The molecule has 0 atom stereocenters. The minimum absolute atomic E-state index is 0.318. The van der Waals surface area contributed by atoms with E-state index in [0.29, 0.717) is 18.0 Å². The molecule has 0 radical (unpaired) electrons. The van der Waals surface area contributed by atoms with Crippen LogP contribution >= 0.6 is 0 Å². The Labute approximate surface area is 112 Å². The Morgan fingerprint density at radius 3 is 2.74 bits per heavy atom. The Kier molecular flexibility index (Phi) is 4.50. The van der Waals surface area contributed by atoms with Crippen molar-refractivity contribution in [3.05, 3.63) is 59.8 Å². The van der Waals surface area contributed by atoms with E-state index in [0.717, 1.165) is 12.8 Å². The maximum atomic E-state index is 11.7. The number of nitrogen functional groups attached to an aromatic ring is 1. The lowest BCUT2D eigenvalue weighted by molar-refractivity contribution is 0.0500. The fourth-order valence-electron chi connectivity index (χ4n) is 1.74. The van der Waals surface area contributed by atoms with Gasteiger partial charge in [0.2, 0.25) is 0 Å². The predicted octanol–water partition coefficient (Wildman–Crippen LogP) is 2.45. The number of aromatic nitrogens is 1. The Bertz CT molecular complexity index is 541. The van der Waals surface area contributed by atoms with Gasteiger partial charge in [-0.3, -0.25) is 0 Å². The summed E-state index contributed by atoms with van der Waals surface area (Å²) in [7, 11) is 0. The molecule has 0 aliphatic carbocycles. The second kappa shape index (κ2) is 6.54. The van der Waals surface area contributed by atoms with Gasteiger partial charge in [0, 0.05) is 6.20 Å². The molecule has 0 saturated heterocycles. The second-order valence-electron chi connectivity index (χ2n) is 4.19. The predicted molar refractivity (Wildman–Crippen MR) is 73.7 cm³/mol. The average molecular weight is 256 g/mol. The molecule has 1 aromatic heterocycles. The molecule has 0 unspecified atom stereocenters. The Morgan fingerprint density at radius 1 is 1.21 bits per heavy atom. The molecule has 0 spiro atoms. The van der Waals surface area contributed by atoms with Crippen LogP contribution in [0.2, 0.25) is 0 Å². The lowest BCUT2D eigenvalue weighted by Crippen LogP contribution is -2.08. The molecule has 0 saturated carbocycles. The van der Waals surface area contributed by atoms with Crippen LogP contribution in [0.3, 0.4) is 0 Å². The Hall–Kier alpha value is -2.36. The summed E-state index contributed by atoms with van der Waals surface area (Å²) in [5, 5.41) is 0. The number of benzene rings is 1. The summed E-state index contributed by atoms with van der Waals surface area (Å²) >= 11 is 0. The summed E-state index contributed by atoms with van der Waals surface area (Å²) in [4.78, 5) is 15.5. The van der Waals surface area contributed by atoms with Crippen molar-refractivity contribution in [1.82, 2.24) is 4.98 Å². The van der Waals surface area contributed by atoms with Crippen LogP contribution in [-0.4, -0.2) is 17.6 Å². The topological polar surface area (TPSA) is 65.2 Å². The van der Waals surface area contributed by atoms with Crippen molar-refractivity contribution in [1.29, 1.82) is 0 Å². The second-order valence-corrected chi connectivity index (χ2v) is 4.19. The van der Waals surface area contributed by atoms with Gasteiger partial charge in [-0.05, 0) is 30.5 Å². The lowest BCUT2D eigenvalue weighted by Gasteiger charge is -2.05. The van der Waals surface area contributed by atoms with Gasteiger partial charge in [-0.1, -0.05) is 30.3 Å². The standard InChI is InChI=1S/C15H16N2O2/c16-14-11-13(8-9-17-14)15(18)19-10-4-7-12-5-2-1-3-6-12/h1-3,5-6,8-9,11H,4,7,10H2,(H2,16,17). The monoisotopic (exact) mass is 256 g/mol. The fraction of sp³-hybridized carbons (Fsp3) is 0.200. The molecule has 1 heterocycles. The van der Waals surface area contributed by atoms with E-state index in [9.17, 15) is 4.79 Å². The number of carbonyl (C=O) groups excluding carboxylic acids is 1. The van der Waals surface area contributed by atoms with E-state index in [1.54, 1.807) is 6.07 Å². The van der Waals surface area contributed by atoms with Crippen LogP contribution in [0, 0.1) is 0 Å². The van der Waals surface area contributed by atoms with Crippen molar-refractivity contribution in [2.75, 3.05) is 12.3 Å². The smallest absolute Gasteiger partial charge is 0.338 e. The van der Waals surface area contributed by atoms with Crippen molar-refractivity contribution in [2.24, 2.45) is 0 Å². The molecular formula is C15H16N2O2. The molecule has 0 fully saturated rings. The quantitative estimate of drug-likeness (QED) is 0.659. The number of aryl methyl sites for hydroxylation is 1. The number of anilines is 1. The third-order valence-electron chi connectivity index (χ3n) is 2.70. The highest BCUT2D eigenvalue weighted by atomic mass is 16.5. The minimum atomic E-state index is -0.359. The van der Waals surface area contributed by atoms with Gasteiger partial charge >= 0.3 is 5.97 Å². The zero-order chi connectivity index (χ0) is 13.5. The molecule has 2 aromatic rings. The Balaban J connectivity index is 1.75. The number of esters is 1. The van der Waals surface area contributed by atoms with Gasteiger partial charge in [-0.15, -0.1) is 0 Å². The van der Waals surface area contributed by atoms with Crippen LogP contribution in [0.4, 0.5) is 5.82 Å². The molecule has 4 heteroatoms. The highest BCUT2D eigenvalue weighted by molar-refractivity contribution is 5.89. The Morgan fingerprint density at radius 2 is 2.00 bits per heavy atom. The van der Waals surface area contributed by atoms with E-state index in [1.807, 2.05) is 18.2 Å². The zero-order valence-corrected chi connectivity index (χ0v) is 10.6. The van der Waals surface area contributed by atoms with Crippen molar-refractivity contribution in [3.63, 3.8) is 0 Å². The van der Waals surface area contributed by atoms with Gasteiger partial charge in [0.1, 0.15) is 5.82 Å². The maximum absolute atomic E-state index is 11.7. The molecule has 0 bridgehead atoms. The van der Waals surface area contributed by atoms with Crippen LogP contribution in [0.25, 0.3) is 0 Å². The van der Waals surface area contributed by atoms with E-state index in [1.165, 1.54) is 17.8 Å². The summed E-state index contributed by atoms with van der Waals surface area (Å²) < 4.78 is 5.18. The minimum Gasteiger partial charge on any atom is -0.462 e. The molecule has 4 nitrogen and oxygen atoms in total. The van der Waals surface area contributed by atoms with Crippen LogP contribution < -0.4 is 5.73 Å². The molecule has 2 rings (SSSR count). The molecule has 1 aromatic carbocycles. The molecule has 98 valence electrons. The third-order valence-corrected chi connectivity index (χ3v) is 2.70. The number of hydrogen-bond acceptors (Lipinski definition) is 4. The number of nitrogens with zero attached hydrogens (tertiary/aromatic N) is 1. The summed E-state index contributed by atoms with van der Waals surface area (Å²) in [6.45, 7) is 0.399. The van der Waals surface area contributed by atoms with Crippen molar-refractivity contribution < 1.29 is 9.53 Å². The van der Waals surface area contributed by atoms with Gasteiger partial charge in [-0.25, -0.2) is 9.78 Å². The molecule has 0 aliphatic rings. The van der Waals surface area contributed by atoms with E-state index in [-0.39, 0.29) is 5.97 Å². The number of rotatable bonds is 5. The third kappa shape index (κ3) is 4.10. The van der Waals surface area contributed by atoms with Gasteiger partial charge in [0.05, 0.1) is 12.2 Å². The first-order chi connectivity index (χ1) is 9.25. The molecule has 2 N–H and O–H groups in total. The van der Waals surface area contributed by atoms with Crippen LogP contribution in [-0.2, 0) is 11.2 Å². The average Bonchev–Trinajstić information content (AvgIpc) is 2.44. The van der Waals surface area contributed by atoms with Crippen LogP contribution in [0.15, 0.2) is 48.7 Å². The number of nitrogens with two attached hydrogens (primary N) is 1. The molecular weight excluding hydrogens is 240 g/mol. The highest BCUT2D eigenvalue weighted by Crippen LogP contribution is 2.06. The molecule has 0 aliphatic heterocycles. The summed E-state index contributed by atoms with van der Waals surface area (Å²) in [6.07, 6.45) is 3.19. The highest BCUT2D eigenvalue weighted by Gasteiger charge is 2.07. The van der Waals surface area contributed by atoms with Crippen molar-refractivity contribution in [2.45, 2.75) is 12.8 Å². The summed E-state index contributed by atoms with van der Waals surface area (Å²) in [5.41, 5.74) is 7.19. The molecule has 0 amide bonds. The summed E-state index contributed by atoms with van der Waals surface area (Å²) in [5.74, 6) is -0.0408. The van der Waals surface area contributed by atoms with E-state index < -0.39 is 0 Å². The van der Waals surface area contributed by atoms with Crippen molar-refractivity contribution >= 4 is 11.8 Å². The number of carbonyl (C=O) groups is 1. The summed E-state index contributed by atoms with van der Waals surface area (Å²) in [6, 6.07) is 13.2. The SMILES string of the molecule is Nc1cc(C(=O)OCCCc2ccccc2)ccn1. The fourth-order valence-corrected chi connectivity index (χ4v) is 1.74. The first-order valence-electron chi connectivity index (χ1n) is 6.18. The first kappa shape index (κ1) is 13.1.